The number of hydrogen-bond donors (Lipinski definition) is 2. The van der Waals surface area contributed by atoms with E-state index in [0.29, 0.717) is 5.56 Å². The van der Waals surface area contributed by atoms with E-state index in [1.54, 1.807) is 35.7 Å². The summed E-state index contributed by atoms with van der Waals surface area (Å²) in [5.41, 5.74) is 7.27. The van der Waals surface area contributed by atoms with E-state index in [1.807, 2.05) is 48.9 Å². The normalized spacial score (nSPS) is 13.8. The fourth-order valence-electron chi connectivity index (χ4n) is 2.06. The molecule has 6 heteroatoms. The fourth-order valence-corrected chi connectivity index (χ4v) is 2.87. The molecule has 0 heterocycles. The maximum atomic E-state index is 12.1. The molecular formula is C18H20N2O2S2. The van der Waals surface area contributed by atoms with Gasteiger partial charge in [0.1, 0.15) is 12.1 Å². The van der Waals surface area contributed by atoms with Gasteiger partial charge in [0.2, 0.25) is 0 Å². The molecule has 2 aromatic rings. The number of aliphatic imine (C=N–C) groups is 1. The Hall–Kier alpha value is -1.60. The molecule has 0 bridgehead atoms. The minimum absolute atomic E-state index is 0.551. The molecule has 2 atom stereocenters. The molecule has 0 aromatic heterocycles. The molecule has 126 valence electrons. The van der Waals surface area contributed by atoms with Gasteiger partial charge in [-0.15, -0.1) is 23.5 Å². The van der Waals surface area contributed by atoms with Crippen LogP contribution in [0.5, 0.6) is 0 Å². The molecule has 4 nitrogen and oxygen atoms in total. The molecule has 0 aliphatic heterocycles. The summed E-state index contributed by atoms with van der Waals surface area (Å²) in [5.74, 6) is -0.551. The number of hydrogen-bond acceptors (Lipinski definition) is 5. The van der Waals surface area contributed by atoms with Crippen LogP contribution in [0.1, 0.15) is 17.2 Å². The lowest BCUT2D eigenvalue weighted by Gasteiger charge is -2.16. The highest BCUT2D eigenvalue weighted by Gasteiger charge is 2.23. The number of carbonyl (C=O) groups excluding carboxylic acids is 1. The number of benzene rings is 2. The monoisotopic (exact) mass is 360 g/mol. The highest BCUT2D eigenvalue weighted by molar-refractivity contribution is 7.98. The summed E-state index contributed by atoms with van der Waals surface area (Å²) in [6.45, 7) is 0. The van der Waals surface area contributed by atoms with E-state index in [0.717, 1.165) is 15.4 Å². The Bertz CT molecular complexity index is 700. The molecule has 3 N–H and O–H groups in total. The van der Waals surface area contributed by atoms with Gasteiger partial charge in [0, 0.05) is 16.0 Å². The number of amides is 1. The van der Waals surface area contributed by atoms with Crippen molar-refractivity contribution in [3.63, 3.8) is 0 Å². The van der Waals surface area contributed by atoms with Gasteiger partial charge in [-0.3, -0.25) is 4.79 Å². The minimum atomic E-state index is -1.09. The fraction of sp³-hybridized carbons (Fsp3) is 0.222. The van der Waals surface area contributed by atoms with Gasteiger partial charge in [-0.1, -0.05) is 24.3 Å². The Morgan fingerprint density at radius 3 is 2.04 bits per heavy atom. The van der Waals surface area contributed by atoms with E-state index in [4.69, 9.17) is 5.73 Å². The van der Waals surface area contributed by atoms with Crippen LogP contribution in [0.2, 0.25) is 0 Å². The molecule has 1 amide bonds. The van der Waals surface area contributed by atoms with Crippen LogP contribution >= 0.6 is 23.5 Å². The maximum Gasteiger partial charge on any atom is 0.265 e. The van der Waals surface area contributed by atoms with Crippen molar-refractivity contribution in [1.29, 1.82) is 0 Å². The summed E-state index contributed by atoms with van der Waals surface area (Å²) in [6.07, 6.45) is 4.36. The second kappa shape index (κ2) is 9.03. The second-order valence-corrected chi connectivity index (χ2v) is 6.87. The third kappa shape index (κ3) is 4.95. The molecule has 0 aliphatic carbocycles. The zero-order valence-electron chi connectivity index (χ0n) is 13.5. The zero-order valence-corrected chi connectivity index (χ0v) is 15.2. The summed E-state index contributed by atoms with van der Waals surface area (Å²) in [6, 6.07) is 13.9. The maximum absolute atomic E-state index is 12.1. The van der Waals surface area contributed by atoms with Crippen molar-refractivity contribution in [2.24, 2.45) is 10.7 Å². The number of carbonyl (C=O) groups is 1. The number of aliphatic hydroxyl groups excluding tert-OH is 1. The first-order valence-electron chi connectivity index (χ1n) is 7.34. The molecule has 2 aromatic carbocycles. The van der Waals surface area contributed by atoms with Crippen molar-refractivity contribution in [2.45, 2.75) is 21.9 Å². The Labute approximate surface area is 150 Å². The van der Waals surface area contributed by atoms with Crippen molar-refractivity contribution in [2.75, 3.05) is 12.5 Å². The Kier molecular flexibility index (Phi) is 7.05. The number of thioether (sulfide) groups is 2. The predicted molar refractivity (Wildman–Crippen MR) is 102 cm³/mol. The van der Waals surface area contributed by atoms with Gasteiger partial charge >= 0.3 is 0 Å². The second-order valence-electron chi connectivity index (χ2n) is 5.11. The summed E-state index contributed by atoms with van der Waals surface area (Å²) in [5, 5.41) is 10.3. The van der Waals surface area contributed by atoms with E-state index >= 15 is 0 Å². The van der Waals surface area contributed by atoms with Crippen molar-refractivity contribution in [3.05, 3.63) is 59.7 Å². The number of rotatable bonds is 6. The summed E-state index contributed by atoms with van der Waals surface area (Å²) >= 11 is 3.25. The van der Waals surface area contributed by atoms with Crippen LogP contribution in [0.4, 0.5) is 0 Å². The molecule has 0 radical (unpaired) electrons. The Morgan fingerprint density at radius 2 is 1.54 bits per heavy atom. The smallest absolute Gasteiger partial charge is 0.265 e. The van der Waals surface area contributed by atoms with E-state index in [-0.39, 0.29) is 0 Å². The molecule has 0 fully saturated rings. The highest BCUT2D eigenvalue weighted by Crippen LogP contribution is 2.21. The van der Waals surface area contributed by atoms with Gasteiger partial charge in [0.05, 0.1) is 0 Å². The third-order valence-corrected chi connectivity index (χ3v) is 5.03. The van der Waals surface area contributed by atoms with Crippen LogP contribution < -0.4 is 5.73 Å². The standard InChI is InChI=1S/C18H20N2O2S2/c1-23-14-7-3-12(4-8-14)11-20-18(22)16(19)17(21)13-5-9-15(24-2)10-6-13/h3-11,16-17,21H,19H2,1-2H3/t16-,17+/m1/s1. The number of nitrogens with zero attached hydrogens (tertiary/aromatic N) is 1. The van der Waals surface area contributed by atoms with Gasteiger partial charge < -0.3 is 10.8 Å². The van der Waals surface area contributed by atoms with Crippen LogP contribution in [0.15, 0.2) is 63.3 Å². The molecule has 0 spiro atoms. The molecular weight excluding hydrogens is 340 g/mol. The average molecular weight is 361 g/mol. The van der Waals surface area contributed by atoms with Crippen molar-refractivity contribution >= 4 is 35.6 Å². The van der Waals surface area contributed by atoms with Crippen LogP contribution in [-0.2, 0) is 4.79 Å². The van der Waals surface area contributed by atoms with Crippen LogP contribution in [0.3, 0.4) is 0 Å². The Morgan fingerprint density at radius 1 is 1.04 bits per heavy atom. The van der Waals surface area contributed by atoms with Crippen molar-refractivity contribution < 1.29 is 9.90 Å². The molecule has 0 unspecified atom stereocenters. The topological polar surface area (TPSA) is 75.7 Å². The van der Waals surface area contributed by atoms with E-state index in [9.17, 15) is 9.90 Å². The lowest BCUT2D eigenvalue weighted by molar-refractivity contribution is -0.121. The van der Waals surface area contributed by atoms with Crippen molar-refractivity contribution in [3.8, 4) is 0 Å². The van der Waals surface area contributed by atoms with Crippen LogP contribution in [0.25, 0.3) is 0 Å². The van der Waals surface area contributed by atoms with Gasteiger partial charge in [-0.2, -0.15) is 0 Å². The SMILES string of the molecule is CSc1ccc(C=NC(=O)[C@H](N)[C@@H](O)c2ccc(SC)cc2)cc1. The Balaban J connectivity index is 2.02. The van der Waals surface area contributed by atoms with Crippen molar-refractivity contribution in [1.82, 2.24) is 0 Å². The third-order valence-electron chi connectivity index (χ3n) is 3.54. The molecule has 2 rings (SSSR count). The first-order chi connectivity index (χ1) is 11.5. The quantitative estimate of drug-likeness (QED) is 0.611. The van der Waals surface area contributed by atoms with Gasteiger partial charge in [-0.25, -0.2) is 4.99 Å². The van der Waals surface area contributed by atoms with Crippen LogP contribution in [-0.4, -0.2) is 35.8 Å². The first kappa shape index (κ1) is 18.7. The first-order valence-corrected chi connectivity index (χ1v) is 9.79. The largest absolute Gasteiger partial charge is 0.386 e. The predicted octanol–water partition coefficient (Wildman–Crippen LogP) is 3.14. The number of aliphatic hydroxyl groups is 1. The molecule has 0 aliphatic rings. The van der Waals surface area contributed by atoms with Crippen LogP contribution in [0, 0.1) is 0 Å². The molecule has 24 heavy (non-hydrogen) atoms. The molecule has 0 saturated carbocycles. The lowest BCUT2D eigenvalue weighted by atomic mass is 10.0. The molecule has 0 saturated heterocycles. The van der Waals surface area contributed by atoms with Gasteiger partial charge in [0.15, 0.2) is 0 Å². The summed E-state index contributed by atoms with van der Waals surface area (Å²) in [4.78, 5) is 18.2. The zero-order chi connectivity index (χ0) is 17.5. The highest BCUT2D eigenvalue weighted by atomic mass is 32.2. The average Bonchev–Trinajstić information content (AvgIpc) is 2.65. The van der Waals surface area contributed by atoms with Gasteiger partial charge in [0.25, 0.3) is 5.91 Å². The lowest BCUT2D eigenvalue weighted by Crippen LogP contribution is -2.35. The van der Waals surface area contributed by atoms with E-state index in [1.165, 1.54) is 6.21 Å². The van der Waals surface area contributed by atoms with Gasteiger partial charge in [-0.05, 0) is 47.9 Å². The van der Waals surface area contributed by atoms with E-state index < -0.39 is 18.1 Å². The minimum Gasteiger partial charge on any atom is -0.386 e. The summed E-state index contributed by atoms with van der Waals surface area (Å²) < 4.78 is 0. The summed E-state index contributed by atoms with van der Waals surface area (Å²) in [7, 11) is 0. The van der Waals surface area contributed by atoms with E-state index in [2.05, 4.69) is 4.99 Å². The number of nitrogens with two attached hydrogens (primary N) is 1.